The first kappa shape index (κ1) is 19.5. The fourth-order valence-corrected chi connectivity index (χ4v) is 5.18. The standard InChI is InChI=1S/C19H21N5OS3/c25-18(14-28-19-21-5-4-15(22-19)16-3-1-11-26-16)24-8-2-7-23(9-10-24)13-17-20-6-12-27-17/h1,3-6,11-12H,2,7-10,13-14H2. The largest absolute Gasteiger partial charge is 0.341 e. The molecule has 1 aliphatic rings. The highest BCUT2D eigenvalue weighted by atomic mass is 32.2. The second kappa shape index (κ2) is 9.60. The molecule has 0 N–H and O–H groups in total. The van der Waals surface area contributed by atoms with Crippen LogP contribution in [0.25, 0.3) is 10.6 Å². The lowest BCUT2D eigenvalue weighted by atomic mass is 10.3. The van der Waals surface area contributed by atoms with Gasteiger partial charge >= 0.3 is 0 Å². The molecule has 0 radical (unpaired) electrons. The number of rotatable bonds is 6. The lowest BCUT2D eigenvalue weighted by molar-refractivity contribution is -0.128. The molecule has 28 heavy (non-hydrogen) atoms. The van der Waals surface area contributed by atoms with E-state index in [4.69, 9.17) is 0 Å². The molecule has 0 bridgehead atoms. The number of carbonyl (C=O) groups excluding carboxylic acids is 1. The Kier molecular flexibility index (Phi) is 6.69. The summed E-state index contributed by atoms with van der Waals surface area (Å²) in [7, 11) is 0. The summed E-state index contributed by atoms with van der Waals surface area (Å²) in [4.78, 5) is 31.4. The van der Waals surface area contributed by atoms with Gasteiger partial charge < -0.3 is 4.90 Å². The van der Waals surface area contributed by atoms with Crippen molar-refractivity contribution in [1.82, 2.24) is 24.8 Å². The maximum Gasteiger partial charge on any atom is 0.233 e. The lowest BCUT2D eigenvalue weighted by Gasteiger charge is -2.21. The smallest absolute Gasteiger partial charge is 0.233 e. The molecule has 0 aromatic carbocycles. The Morgan fingerprint density at radius 3 is 2.86 bits per heavy atom. The van der Waals surface area contributed by atoms with Gasteiger partial charge in [0.1, 0.15) is 5.01 Å². The molecule has 0 saturated carbocycles. The van der Waals surface area contributed by atoms with Crippen molar-refractivity contribution in [1.29, 1.82) is 0 Å². The van der Waals surface area contributed by atoms with Gasteiger partial charge in [0.05, 0.1) is 22.9 Å². The maximum absolute atomic E-state index is 12.7. The van der Waals surface area contributed by atoms with Crippen LogP contribution in [0.5, 0.6) is 0 Å². The quantitative estimate of drug-likeness (QED) is 0.440. The number of thiophene rings is 1. The molecule has 6 nitrogen and oxygen atoms in total. The Hall–Kier alpha value is -1.81. The highest BCUT2D eigenvalue weighted by molar-refractivity contribution is 7.99. The SMILES string of the molecule is O=C(CSc1nccc(-c2cccs2)n1)N1CCCN(Cc2nccs2)CC1. The van der Waals surface area contributed by atoms with Crippen LogP contribution in [0.1, 0.15) is 11.4 Å². The van der Waals surface area contributed by atoms with Crippen molar-refractivity contribution in [2.75, 3.05) is 31.9 Å². The number of nitrogens with zero attached hydrogens (tertiary/aromatic N) is 5. The van der Waals surface area contributed by atoms with Gasteiger partial charge in [-0.05, 0) is 23.9 Å². The zero-order valence-corrected chi connectivity index (χ0v) is 17.8. The average molecular weight is 432 g/mol. The molecule has 1 amide bonds. The summed E-state index contributed by atoms with van der Waals surface area (Å²) < 4.78 is 0. The predicted molar refractivity (Wildman–Crippen MR) is 115 cm³/mol. The van der Waals surface area contributed by atoms with Gasteiger partial charge in [-0.25, -0.2) is 15.0 Å². The van der Waals surface area contributed by atoms with Gasteiger partial charge in [-0.15, -0.1) is 22.7 Å². The summed E-state index contributed by atoms with van der Waals surface area (Å²) in [6.45, 7) is 4.34. The molecule has 3 aromatic heterocycles. The van der Waals surface area contributed by atoms with E-state index >= 15 is 0 Å². The first-order valence-corrected chi connectivity index (χ1v) is 11.9. The molecule has 1 saturated heterocycles. The highest BCUT2D eigenvalue weighted by Crippen LogP contribution is 2.24. The van der Waals surface area contributed by atoms with Crippen LogP contribution in [0.15, 0.2) is 46.5 Å². The van der Waals surface area contributed by atoms with E-state index in [1.165, 1.54) is 11.8 Å². The molecule has 146 valence electrons. The molecule has 4 heterocycles. The number of hydrogen-bond donors (Lipinski definition) is 0. The highest BCUT2D eigenvalue weighted by Gasteiger charge is 2.20. The van der Waals surface area contributed by atoms with E-state index < -0.39 is 0 Å². The van der Waals surface area contributed by atoms with Crippen LogP contribution in [-0.4, -0.2) is 62.6 Å². The third-order valence-electron chi connectivity index (χ3n) is 4.52. The Morgan fingerprint density at radius 2 is 2.04 bits per heavy atom. The fraction of sp³-hybridized carbons (Fsp3) is 0.368. The van der Waals surface area contributed by atoms with Crippen molar-refractivity contribution in [3.8, 4) is 10.6 Å². The molecular formula is C19H21N5OS3. The molecule has 3 aromatic rings. The van der Waals surface area contributed by atoms with E-state index in [-0.39, 0.29) is 5.91 Å². The second-order valence-corrected chi connectivity index (χ2v) is 9.30. The van der Waals surface area contributed by atoms with Crippen molar-refractivity contribution in [3.63, 3.8) is 0 Å². The molecule has 0 unspecified atom stereocenters. The van der Waals surface area contributed by atoms with Gasteiger partial charge in [-0.3, -0.25) is 9.69 Å². The van der Waals surface area contributed by atoms with Crippen molar-refractivity contribution in [2.45, 2.75) is 18.1 Å². The first-order chi connectivity index (χ1) is 13.8. The van der Waals surface area contributed by atoms with E-state index in [9.17, 15) is 4.79 Å². The molecule has 0 aliphatic carbocycles. The number of thiazole rings is 1. The van der Waals surface area contributed by atoms with E-state index in [0.717, 1.165) is 54.7 Å². The molecule has 4 rings (SSSR count). The third kappa shape index (κ3) is 5.16. The van der Waals surface area contributed by atoms with Crippen LogP contribution in [0.3, 0.4) is 0 Å². The Labute approximate surface area is 176 Å². The van der Waals surface area contributed by atoms with Gasteiger partial charge in [-0.2, -0.15) is 0 Å². The maximum atomic E-state index is 12.7. The van der Waals surface area contributed by atoms with E-state index in [0.29, 0.717) is 10.9 Å². The zero-order valence-electron chi connectivity index (χ0n) is 15.4. The van der Waals surface area contributed by atoms with Crippen LogP contribution in [0.4, 0.5) is 0 Å². The molecule has 9 heteroatoms. The van der Waals surface area contributed by atoms with Crippen molar-refractivity contribution < 1.29 is 4.79 Å². The minimum atomic E-state index is 0.159. The number of thioether (sulfide) groups is 1. The van der Waals surface area contributed by atoms with Crippen LogP contribution in [0.2, 0.25) is 0 Å². The predicted octanol–water partition coefficient (Wildman–Crippen LogP) is 3.49. The zero-order chi connectivity index (χ0) is 19.2. The lowest BCUT2D eigenvalue weighted by Crippen LogP contribution is -2.36. The van der Waals surface area contributed by atoms with Gasteiger partial charge in [0.25, 0.3) is 0 Å². The summed E-state index contributed by atoms with van der Waals surface area (Å²) in [5, 5.41) is 5.83. The monoisotopic (exact) mass is 431 g/mol. The summed E-state index contributed by atoms with van der Waals surface area (Å²) >= 11 is 4.75. The van der Waals surface area contributed by atoms with Crippen LogP contribution in [0, 0.1) is 0 Å². The van der Waals surface area contributed by atoms with Crippen molar-refractivity contribution in [3.05, 3.63) is 46.4 Å². The van der Waals surface area contributed by atoms with Gasteiger partial charge in [-0.1, -0.05) is 17.8 Å². The minimum absolute atomic E-state index is 0.159. The van der Waals surface area contributed by atoms with Crippen LogP contribution in [-0.2, 0) is 11.3 Å². The van der Waals surface area contributed by atoms with E-state index in [1.54, 1.807) is 28.9 Å². The van der Waals surface area contributed by atoms with Gasteiger partial charge in [0.15, 0.2) is 5.16 Å². The Morgan fingerprint density at radius 1 is 1.07 bits per heavy atom. The molecule has 1 fully saturated rings. The first-order valence-electron chi connectivity index (χ1n) is 9.16. The van der Waals surface area contributed by atoms with Crippen molar-refractivity contribution >= 4 is 40.3 Å². The van der Waals surface area contributed by atoms with E-state index in [1.807, 2.05) is 40.1 Å². The third-order valence-corrected chi connectivity index (χ3v) is 7.02. The Balaban J connectivity index is 1.29. The summed E-state index contributed by atoms with van der Waals surface area (Å²) in [6, 6.07) is 5.96. The molecule has 0 spiro atoms. The topological polar surface area (TPSA) is 62.2 Å². The normalized spacial score (nSPS) is 15.5. The number of hydrogen-bond acceptors (Lipinski definition) is 8. The molecule has 1 aliphatic heterocycles. The summed E-state index contributed by atoms with van der Waals surface area (Å²) in [6.07, 6.45) is 4.60. The fourth-order valence-electron chi connectivity index (χ4n) is 3.09. The van der Waals surface area contributed by atoms with E-state index in [2.05, 4.69) is 19.9 Å². The molecular weight excluding hydrogens is 410 g/mol. The van der Waals surface area contributed by atoms with Gasteiger partial charge in [0.2, 0.25) is 5.91 Å². The molecule has 0 atom stereocenters. The number of aromatic nitrogens is 3. The van der Waals surface area contributed by atoms with Gasteiger partial charge in [0, 0.05) is 44.0 Å². The average Bonchev–Trinajstić information content (AvgIpc) is 3.38. The van der Waals surface area contributed by atoms with Crippen molar-refractivity contribution in [2.24, 2.45) is 0 Å². The van der Waals surface area contributed by atoms with Crippen LogP contribution >= 0.6 is 34.4 Å². The summed E-state index contributed by atoms with van der Waals surface area (Å²) in [5.74, 6) is 0.534. The Bertz CT molecular complexity index is 885. The van der Waals surface area contributed by atoms with Crippen LogP contribution < -0.4 is 0 Å². The minimum Gasteiger partial charge on any atom is -0.341 e. The second-order valence-electron chi connectivity index (χ2n) is 6.43. The number of carbonyl (C=O) groups is 1. The summed E-state index contributed by atoms with van der Waals surface area (Å²) in [5.41, 5.74) is 0.910. The number of amides is 1.